The van der Waals surface area contributed by atoms with Gasteiger partial charge in [0.25, 0.3) is 0 Å². The molecule has 1 unspecified atom stereocenters. The van der Waals surface area contributed by atoms with Gasteiger partial charge >= 0.3 is 0 Å². The molecular formula is C39H44N8O3. The Morgan fingerprint density at radius 3 is 2.56 bits per heavy atom. The van der Waals surface area contributed by atoms with Crippen LogP contribution in [-0.4, -0.2) is 81.5 Å². The Kier molecular flexibility index (Phi) is 8.40. The molecule has 0 aliphatic carbocycles. The van der Waals surface area contributed by atoms with E-state index >= 15 is 0 Å². The van der Waals surface area contributed by atoms with Crippen molar-refractivity contribution < 1.29 is 14.3 Å². The highest BCUT2D eigenvalue weighted by atomic mass is 16.5. The predicted octanol–water partition coefficient (Wildman–Crippen LogP) is 5.03. The Labute approximate surface area is 292 Å². The number of nitrogens with one attached hydrogen (secondary N) is 2. The van der Waals surface area contributed by atoms with Crippen molar-refractivity contribution in [3.8, 4) is 17.1 Å². The van der Waals surface area contributed by atoms with E-state index in [2.05, 4.69) is 62.1 Å². The number of hydrogen-bond acceptors (Lipinski definition) is 8. The van der Waals surface area contributed by atoms with Crippen molar-refractivity contribution in [1.29, 1.82) is 0 Å². The molecule has 2 N–H and O–H groups in total. The molecule has 2 saturated heterocycles. The summed E-state index contributed by atoms with van der Waals surface area (Å²) >= 11 is 0. The van der Waals surface area contributed by atoms with E-state index in [0.717, 1.165) is 59.6 Å². The number of carbonyl (C=O) groups excluding carboxylic acids is 2. The third kappa shape index (κ3) is 6.16. The van der Waals surface area contributed by atoms with E-state index in [4.69, 9.17) is 4.74 Å². The summed E-state index contributed by atoms with van der Waals surface area (Å²) in [6.45, 7) is 7.68. The summed E-state index contributed by atoms with van der Waals surface area (Å²) in [5.74, 6) is 0.901. The van der Waals surface area contributed by atoms with Crippen molar-refractivity contribution in [3.05, 3.63) is 96.1 Å². The van der Waals surface area contributed by atoms with Crippen molar-refractivity contribution in [2.24, 2.45) is 12.5 Å². The third-order valence-corrected chi connectivity index (χ3v) is 10.6. The first kappa shape index (κ1) is 32.2. The summed E-state index contributed by atoms with van der Waals surface area (Å²) < 4.78 is 7.67. The maximum atomic E-state index is 14.1. The number of likely N-dealkylation sites (tertiary alicyclic amines) is 1. The predicted molar refractivity (Wildman–Crippen MR) is 193 cm³/mol. The van der Waals surface area contributed by atoms with Gasteiger partial charge in [-0.05, 0) is 74.6 Å². The number of imidazole rings is 1. The molecule has 2 aromatic heterocycles. The van der Waals surface area contributed by atoms with Gasteiger partial charge in [0, 0.05) is 68.5 Å². The van der Waals surface area contributed by atoms with Crippen molar-refractivity contribution in [3.63, 3.8) is 0 Å². The minimum atomic E-state index is -0.443. The van der Waals surface area contributed by atoms with Crippen LogP contribution in [0.3, 0.4) is 0 Å². The number of aromatic nitrogens is 3. The summed E-state index contributed by atoms with van der Waals surface area (Å²) in [4.78, 5) is 42.5. The minimum absolute atomic E-state index is 0.0614. The number of carbonyl (C=O) groups is 2. The monoisotopic (exact) mass is 672 g/mol. The molecule has 0 bridgehead atoms. The number of rotatable bonds is 8. The Balaban J connectivity index is 0.874. The number of pyridine rings is 1. The molecule has 1 spiro atoms. The van der Waals surface area contributed by atoms with Gasteiger partial charge in [0.15, 0.2) is 0 Å². The van der Waals surface area contributed by atoms with Gasteiger partial charge in [0.2, 0.25) is 17.7 Å². The van der Waals surface area contributed by atoms with Crippen LogP contribution in [0.25, 0.3) is 16.8 Å². The summed E-state index contributed by atoms with van der Waals surface area (Å²) in [5, 5.41) is 0. The molecule has 2 aromatic carbocycles. The van der Waals surface area contributed by atoms with E-state index in [-0.39, 0.29) is 24.0 Å². The zero-order valence-electron chi connectivity index (χ0n) is 28.9. The van der Waals surface area contributed by atoms with E-state index in [1.807, 2.05) is 78.2 Å². The highest BCUT2D eigenvalue weighted by molar-refractivity contribution is 6.00. The Morgan fingerprint density at radius 2 is 1.84 bits per heavy atom. The molecule has 4 aromatic rings. The second kappa shape index (κ2) is 13.0. The number of fused-ring (bicyclic) bond motifs is 1. The molecule has 0 radical (unpaired) electrons. The Hall–Kier alpha value is -5.00. The van der Waals surface area contributed by atoms with Crippen LogP contribution >= 0.6 is 0 Å². The molecule has 4 aliphatic rings. The van der Waals surface area contributed by atoms with Crippen LogP contribution in [0.2, 0.25) is 0 Å². The maximum Gasteiger partial charge on any atom is 0.237 e. The minimum Gasteiger partial charge on any atom is -0.475 e. The van der Waals surface area contributed by atoms with E-state index in [9.17, 15) is 9.59 Å². The lowest BCUT2D eigenvalue weighted by molar-refractivity contribution is -0.132. The fourth-order valence-electron chi connectivity index (χ4n) is 7.84. The summed E-state index contributed by atoms with van der Waals surface area (Å²) in [6.07, 6.45) is 10.3. The molecule has 6 heterocycles. The maximum absolute atomic E-state index is 14.1. The lowest BCUT2D eigenvalue weighted by Crippen LogP contribution is -2.43. The Bertz CT molecular complexity index is 1940. The second-order valence-electron chi connectivity index (χ2n) is 14.3. The van der Waals surface area contributed by atoms with Gasteiger partial charge in [0.05, 0.1) is 41.8 Å². The molecule has 8 rings (SSSR count). The number of nitrogens with zero attached hydrogens (tertiary/aromatic N) is 6. The van der Waals surface area contributed by atoms with Crippen LogP contribution in [-0.2, 0) is 16.6 Å². The molecule has 2 atom stereocenters. The lowest BCUT2D eigenvalue weighted by atomic mass is 9.85. The van der Waals surface area contributed by atoms with Crippen molar-refractivity contribution in [2.45, 2.75) is 45.3 Å². The van der Waals surface area contributed by atoms with Crippen LogP contribution in [0, 0.1) is 5.41 Å². The fourth-order valence-corrected chi connectivity index (χ4v) is 7.84. The van der Waals surface area contributed by atoms with Crippen molar-refractivity contribution in [1.82, 2.24) is 29.8 Å². The summed E-state index contributed by atoms with van der Waals surface area (Å²) in [6, 6.07) is 18.5. The summed E-state index contributed by atoms with van der Waals surface area (Å²) in [5.41, 5.74) is 14.7. The largest absolute Gasteiger partial charge is 0.475 e. The smallest absolute Gasteiger partial charge is 0.237 e. The average Bonchev–Trinajstić information content (AvgIpc) is 3.92. The molecule has 11 nitrogen and oxygen atoms in total. The zero-order chi connectivity index (χ0) is 34.4. The first-order valence-electron chi connectivity index (χ1n) is 17.6. The van der Waals surface area contributed by atoms with Gasteiger partial charge in [-0.25, -0.2) is 15.4 Å². The van der Waals surface area contributed by atoms with Crippen molar-refractivity contribution in [2.75, 3.05) is 49.6 Å². The molecule has 50 heavy (non-hydrogen) atoms. The average molecular weight is 673 g/mol. The van der Waals surface area contributed by atoms with Crippen LogP contribution in [0.4, 0.5) is 11.4 Å². The molecule has 2 amide bonds. The van der Waals surface area contributed by atoms with Crippen LogP contribution < -0.4 is 20.5 Å². The topological polar surface area (TPSA) is 108 Å². The standard InChI is InChI=1S/C39H44N8O3/c1-26(2)50-35-11-8-30(21-40-35)37-32-20-31(9-10-33(32)42-43-37)47-19-15-39(38(47)49)14-18-45(24-39)23-36(48)46-16-12-28(13-17-46)27-4-6-29(7-5-27)34-22-44(3)25-41-34/h4-12,20-22,25-26,37,42-43H,13-19,23-24H2,1-3H3/t37?,39-/m0/s1. The molecule has 11 heteroatoms. The molecule has 2 fully saturated rings. The summed E-state index contributed by atoms with van der Waals surface area (Å²) in [7, 11) is 1.97. The van der Waals surface area contributed by atoms with Crippen LogP contribution in [0.15, 0.2) is 79.4 Å². The number of ether oxygens (including phenoxy) is 1. The van der Waals surface area contributed by atoms with Gasteiger partial charge in [-0.2, -0.15) is 0 Å². The first-order valence-corrected chi connectivity index (χ1v) is 17.6. The van der Waals surface area contributed by atoms with E-state index in [0.29, 0.717) is 38.6 Å². The first-order chi connectivity index (χ1) is 24.2. The van der Waals surface area contributed by atoms with Crippen molar-refractivity contribution >= 4 is 28.8 Å². The number of hydrogen-bond donors (Lipinski definition) is 2. The normalized spacial score (nSPS) is 22.0. The van der Waals surface area contributed by atoms with Gasteiger partial charge < -0.3 is 24.5 Å². The van der Waals surface area contributed by atoms with Crippen LogP contribution in [0.1, 0.15) is 55.8 Å². The number of hydrazine groups is 1. The highest BCUT2D eigenvalue weighted by Crippen LogP contribution is 2.44. The fraction of sp³-hybridized carbons (Fsp3) is 0.385. The number of aryl methyl sites for hydroxylation is 1. The number of benzene rings is 2. The molecule has 4 aliphatic heterocycles. The molecule has 258 valence electrons. The van der Waals surface area contributed by atoms with Crippen LogP contribution in [0.5, 0.6) is 5.88 Å². The number of anilines is 2. The van der Waals surface area contributed by atoms with Gasteiger partial charge in [-0.15, -0.1) is 0 Å². The van der Waals surface area contributed by atoms with Gasteiger partial charge in [-0.3, -0.25) is 14.5 Å². The molecular weight excluding hydrogens is 628 g/mol. The quantitative estimate of drug-likeness (QED) is 0.269. The second-order valence-corrected chi connectivity index (χ2v) is 14.3. The van der Waals surface area contributed by atoms with E-state index in [1.165, 1.54) is 11.1 Å². The third-order valence-electron chi connectivity index (χ3n) is 10.6. The van der Waals surface area contributed by atoms with Gasteiger partial charge in [-0.1, -0.05) is 36.4 Å². The molecule has 0 saturated carbocycles. The Morgan fingerprint density at radius 1 is 1.02 bits per heavy atom. The lowest BCUT2D eigenvalue weighted by Gasteiger charge is -2.29. The zero-order valence-corrected chi connectivity index (χ0v) is 28.9. The number of amides is 2. The van der Waals surface area contributed by atoms with E-state index in [1.54, 1.807) is 0 Å². The van der Waals surface area contributed by atoms with Gasteiger partial charge in [0.1, 0.15) is 0 Å². The highest BCUT2D eigenvalue weighted by Gasteiger charge is 2.51. The van der Waals surface area contributed by atoms with E-state index < -0.39 is 5.41 Å². The SMILES string of the molecule is CC(C)Oc1ccc(C2NNc3ccc(N4CC[C@]5(CCN(CC(=O)N6CC=C(c7ccc(-c8cn(C)cn8)cc7)CC6)C5)C4=O)cc32)cn1.